The van der Waals surface area contributed by atoms with Gasteiger partial charge in [-0.05, 0) is 6.07 Å². The summed E-state index contributed by atoms with van der Waals surface area (Å²) in [5.74, 6) is 0.335. The van der Waals surface area contributed by atoms with Gasteiger partial charge in [0.05, 0.1) is 6.04 Å². The van der Waals surface area contributed by atoms with Crippen LogP contribution in [0.5, 0.6) is 0 Å². The summed E-state index contributed by atoms with van der Waals surface area (Å²) in [4.78, 5) is 3.96. The van der Waals surface area contributed by atoms with E-state index in [1.165, 1.54) is 6.07 Å². The van der Waals surface area contributed by atoms with Gasteiger partial charge in [-0.15, -0.1) is 0 Å². The first-order valence-electron chi connectivity index (χ1n) is 4.48. The van der Waals surface area contributed by atoms with E-state index in [1.807, 2.05) is 0 Å². The van der Waals surface area contributed by atoms with E-state index in [0.717, 1.165) is 0 Å². The standard InChI is InChI=1S/C10H10FN3O/c1-6-13-10(14-15-6)9(12)7-4-2-3-5-8(7)11/h2-5,9H,12H2,1H3/t9-/m0/s1. The third kappa shape index (κ3) is 1.87. The van der Waals surface area contributed by atoms with Crippen LogP contribution < -0.4 is 5.73 Å². The number of hydrogen-bond donors (Lipinski definition) is 1. The lowest BCUT2D eigenvalue weighted by atomic mass is 10.1. The normalized spacial score (nSPS) is 12.7. The van der Waals surface area contributed by atoms with Crippen LogP contribution in [-0.2, 0) is 0 Å². The van der Waals surface area contributed by atoms with Crippen LogP contribution in [0.4, 0.5) is 4.39 Å². The topological polar surface area (TPSA) is 64.9 Å². The molecule has 0 saturated carbocycles. The fraction of sp³-hybridized carbons (Fsp3) is 0.200. The maximum Gasteiger partial charge on any atom is 0.223 e. The van der Waals surface area contributed by atoms with E-state index in [-0.39, 0.29) is 11.6 Å². The molecular weight excluding hydrogens is 197 g/mol. The van der Waals surface area contributed by atoms with Crippen LogP contribution in [0.2, 0.25) is 0 Å². The molecule has 1 aromatic carbocycles. The molecule has 0 saturated heterocycles. The van der Waals surface area contributed by atoms with Gasteiger partial charge in [0.15, 0.2) is 5.82 Å². The monoisotopic (exact) mass is 207 g/mol. The minimum Gasteiger partial charge on any atom is -0.340 e. The van der Waals surface area contributed by atoms with Crippen LogP contribution in [0.15, 0.2) is 28.8 Å². The van der Waals surface area contributed by atoms with Crippen molar-refractivity contribution in [1.82, 2.24) is 10.1 Å². The van der Waals surface area contributed by atoms with Crippen molar-refractivity contribution in [3.05, 3.63) is 47.4 Å². The van der Waals surface area contributed by atoms with E-state index in [1.54, 1.807) is 25.1 Å². The first-order chi connectivity index (χ1) is 7.18. The van der Waals surface area contributed by atoms with E-state index in [0.29, 0.717) is 11.5 Å². The fourth-order valence-electron chi connectivity index (χ4n) is 1.31. The van der Waals surface area contributed by atoms with Crippen molar-refractivity contribution >= 4 is 0 Å². The molecule has 0 spiro atoms. The van der Waals surface area contributed by atoms with Gasteiger partial charge in [0, 0.05) is 12.5 Å². The highest BCUT2D eigenvalue weighted by Crippen LogP contribution is 2.19. The van der Waals surface area contributed by atoms with Crippen molar-refractivity contribution in [1.29, 1.82) is 0 Å². The predicted molar refractivity (Wildman–Crippen MR) is 51.5 cm³/mol. The first-order valence-corrected chi connectivity index (χ1v) is 4.48. The second-order valence-corrected chi connectivity index (χ2v) is 3.17. The Kier molecular flexibility index (Phi) is 2.47. The summed E-state index contributed by atoms with van der Waals surface area (Å²) in [5.41, 5.74) is 6.17. The highest BCUT2D eigenvalue weighted by Gasteiger charge is 2.17. The first kappa shape index (κ1) is 9.79. The molecule has 0 aliphatic carbocycles. The molecule has 15 heavy (non-hydrogen) atoms. The van der Waals surface area contributed by atoms with Gasteiger partial charge in [-0.3, -0.25) is 0 Å². The zero-order valence-electron chi connectivity index (χ0n) is 8.14. The molecule has 1 aromatic heterocycles. The van der Waals surface area contributed by atoms with Gasteiger partial charge in [-0.2, -0.15) is 4.98 Å². The Morgan fingerprint density at radius 1 is 1.40 bits per heavy atom. The van der Waals surface area contributed by atoms with Crippen molar-refractivity contribution in [2.24, 2.45) is 5.73 Å². The van der Waals surface area contributed by atoms with E-state index >= 15 is 0 Å². The third-order valence-corrected chi connectivity index (χ3v) is 2.06. The fourth-order valence-corrected chi connectivity index (χ4v) is 1.31. The van der Waals surface area contributed by atoms with Crippen molar-refractivity contribution in [3.63, 3.8) is 0 Å². The maximum absolute atomic E-state index is 13.4. The lowest BCUT2D eigenvalue weighted by Crippen LogP contribution is -2.15. The van der Waals surface area contributed by atoms with Gasteiger partial charge in [0.1, 0.15) is 5.82 Å². The van der Waals surface area contributed by atoms with Crippen LogP contribution >= 0.6 is 0 Å². The van der Waals surface area contributed by atoms with E-state index in [2.05, 4.69) is 10.1 Å². The largest absolute Gasteiger partial charge is 0.340 e. The van der Waals surface area contributed by atoms with Crippen LogP contribution in [0.1, 0.15) is 23.3 Å². The Hall–Kier alpha value is -1.75. The molecular formula is C10H10FN3O. The molecule has 2 rings (SSSR count). The van der Waals surface area contributed by atoms with Crippen molar-refractivity contribution < 1.29 is 8.91 Å². The second kappa shape index (κ2) is 3.78. The number of nitrogens with two attached hydrogens (primary N) is 1. The Balaban J connectivity index is 2.36. The molecule has 4 nitrogen and oxygen atoms in total. The average Bonchev–Trinajstić information content (AvgIpc) is 2.65. The molecule has 2 aromatic rings. The molecule has 2 N–H and O–H groups in total. The number of hydrogen-bond acceptors (Lipinski definition) is 4. The number of halogens is 1. The SMILES string of the molecule is Cc1nc([C@@H](N)c2ccccc2F)no1. The van der Waals surface area contributed by atoms with Gasteiger partial charge in [-0.25, -0.2) is 4.39 Å². The number of aromatic nitrogens is 2. The van der Waals surface area contributed by atoms with Gasteiger partial charge in [0.25, 0.3) is 0 Å². The Labute approximate surface area is 85.9 Å². The molecule has 0 amide bonds. The molecule has 0 aliphatic rings. The van der Waals surface area contributed by atoms with Crippen LogP contribution in [0, 0.1) is 12.7 Å². The number of aryl methyl sites for hydroxylation is 1. The van der Waals surface area contributed by atoms with Crippen LogP contribution in [-0.4, -0.2) is 10.1 Å². The molecule has 1 heterocycles. The van der Waals surface area contributed by atoms with Crippen molar-refractivity contribution in [3.8, 4) is 0 Å². The third-order valence-electron chi connectivity index (χ3n) is 2.06. The number of benzene rings is 1. The summed E-state index contributed by atoms with van der Waals surface area (Å²) < 4.78 is 18.1. The summed E-state index contributed by atoms with van der Waals surface area (Å²) in [6.07, 6.45) is 0. The molecule has 5 heteroatoms. The predicted octanol–water partition coefficient (Wildman–Crippen LogP) is 1.57. The Bertz CT molecular complexity index is 469. The summed E-state index contributed by atoms with van der Waals surface area (Å²) in [5, 5.41) is 3.66. The summed E-state index contributed by atoms with van der Waals surface area (Å²) in [6.45, 7) is 1.66. The quantitative estimate of drug-likeness (QED) is 0.811. The molecule has 78 valence electrons. The Morgan fingerprint density at radius 3 is 2.73 bits per heavy atom. The highest BCUT2D eigenvalue weighted by atomic mass is 19.1. The second-order valence-electron chi connectivity index (χ2n) is 3.17. The lowest BCUT2D eigenvalue weighted by Gasteiger charge is -2.07. The lowest BCUT2D eigenvalue weighted by molar-refractivity contribution is 0.385. The maximum atomic E-state index is 13.4. The smallest absolute Gasteiger partial charge is 0.223 e. The van der Waals surface area contributed by atoms with Crippen LogP contribution in [0.3, 0.4) is 0 Å². The van der Waals surface area contributed by atoms with Gasteiger partial charge in [0.2, 0.25) is 5.89 Å². The molecule has 1 atom stereocenters. The van der Waals surface area contributed by atoms with E-state index < -0.39 is 6.04 Å². The molecule has 0 bridgehead atoms. The van der Waals surface area contributed by atoms with Crippen molar-refractivity contribution in [2.75, 3.05) is 0 Å². The minimum atomic E-state index is -0.691. The summed E-state index contributed by atoms with van der Waals surface area (Å²) in [7, 11) is 0. The van der Waals surface area contributed by atoms with E-state index in [9.17, 15) is 4.39 Å². The van der Waals surface area contributed by atoms with Gasteiger partial charge in [-0.1, -0.05) is 23.4 Å². The van der Waals surface area contributed by atoms with Crippen LogP contribution in [0.25, 0.3) is 0 Å². The number of nitrogens with zero attached hydrogens (tertiary/aromatic N) is 2. The highest BCUT2D eigenvalue weighted by molar-refractivity contribution is 5.25. The Morgan fingerprint density at radius 2 is 2.13 bits per heavy atom. The molecule has 0 unspecified atom stereocenters. The molecule has 0 radical (unpaired) electrons. The molecule has 0 fully saturated rings. The van der Waals surface area contributed by atoms with Gasteiger partial charge < -0.3 is 10.3 Å². The minimum absolute atomic E-state index is 0.289. The van der Waals surface area contributed by atoms with E-state index in [4.69, 9.17) is 10.3 Å². The van der Waals surface area contributed by atoms with Crippen molar-refractivity contribution in [2.45, 2.75) is 13.0 Å². The summed E-state index contributed by atoms with van der Waals surface area (Å²) in [6, 6.07) is 5.58. The zero-order chi connectivity index (χ0) is 10.8. The number of rotatable bonds is 2. The molecule has 0 aliphatic heterocycles. The zero-order valence-corrected chi connectivity index (χ0v) is 8.14. The van der Waals surface area contributed by atoms with Gasteiger partial charge >= 0.3 is 0 Å². The average molecular weight is 207 g/mol. The summed E-state index contributed by atoms with van der Waals surface area (Å²) >= 11 is 0.